The summed E-state index contributed by atoms with van der Waals surface area (Å²) in [7, 11) is -3.80. The van der Waals surface area contributed by atoms with Crippen LogP contribution in [0.15, 0.2) is 59.5 Å². The molecule has 1 atom stereocenters. The van der Waals surface area contributed by atoms with Gasteiger partial charge in [-0.15, -0.1) is 11.6 Å². The number of hydrogen-bond acceptors (Lipinski definition) is 3. The van der Waals surface area contributed by atoms with E-state index in [-0.39, 0.29) is 28.3 Å². The van der Waals surface area contributed by atoms with Gasteiger partial charge in [0.25, 0.3) is 0 Å². The van der Waals surface area contributed by atoms with Gasteiger partial charge in [-0.05, 0) is 17.7 Å². The Labute approximate surface area is 151 Å². The van der Waals surface area contributed by atoms with Crippen molar-refractivity contribution in [3.8, 4) is 0 Å². The number of carbonyl (C=O) groups is 1. The topological polar surface area (TPSA) is 75.3 Å². The van der Waals surface area contributed by atoms with E-state index < -0.39 is 16.1 Å². The third-order valence-electron chi connectivity index (χ3n) is 3.26. The highest BCUT2D eigenvalue weighted by molar-refractivity contribution is 7.89. The summed E-state index contributed by atoms with van der Waals surface area (Å²) in [6.45, 7) is -0.0276. The number of rotatable bonds is 7. The molecule has 0 saturated heterocycles. The van der Waals surface area contributed by atoms with Crippen molar-refractivity contribution < 1.29 is 13.2 Å². The highest BCUT2D eigenvalue weighted by atomic mass is 35.5. The maximum atomic E-state index is 12.4. The number of nitrogens with one attached hydrogen (secondary N) is 2. The Hall–Kier alpha value is -1.60. The van der Waals surface area contributed by atoms with E-state index in [1.807, 2.05) is 6.07 Å². The van der Waals surface area contributed by atoms with E-state index in [9.17, 15) is 13.2 Å². The molecule has 0 spiro atoms. The summed E-state index contributed by atoms with van der Waals surface area (Å²) in [5.41, 5.74) is 0.762. The smallest absolute Gasteiger partial charge is 0.242 e. The van der Waals surface area contributed by atoms with Crippen molar-refractivity contribution in [2.24, 2.45) is 0 Å². The summed E-state index contributed by atoms with van der Waals surface area (Å²) in [6, 6.07) is 14.6. The van der Waals surface area contributed by atoms with Gasteiger partial charge in [-0.1, -0.05) is 54.1 Å². The zero-order chi connectivity index (χ0) is 17.6. The van der Waals surface area contributed by atoms with Gasteiger partial charge in [0.1, 0.15) is 10.8 Å². The normalized spacial score (nSPS) is 12.6. The highest BCUT2D eigenvalue weighted by Gasteiger charge is 2.21. The van der Waals surface area contributed by atoms with Crippen molar-refractivity contribution >= 4 is 39.1 Å². The minimum Gasteiger partial charge on any atom is -0.347 e. The zero-order valence-electron chi connectivity index (χ0n) is 12.6. The summed E-state index contributed by atoms with van der Waals surface area (Å²) in [6.07, 6.45) is 0. The molecular weight excluding hydrogens is 371 g/mol. The molecule has 2 aromatic carbocycles. The zero-order valence-corrected chi connectivity index (χ0v) is 14.9. The summed E-state index contributed by atoms with van der Waals surface area (Å²) >= 11 is 11.5. The van der Waals surface area contributed by atoms with Crippen LogP contribution in [0.25, 0.3) is 0 Å². The van der Waals surface area contributed by atoms with Crippen LogP contribution in [0.1, 0.15) is 11.6 Å². The fraction of sp³-hybridized carbons (Fsp3) is 0.188. The minimum absolute atomic E-state index is 0.0119. The Kier molecular flexibility index (Phi) is 6.62. The molecule has 0 radical (unpaired) electrons. The largest absolute Gasteiger partial charge is 0.347 e. The molecule has 128 valence electrons. The van der Waals surface area contributed by atoms with E-state index in [1.165, 1.54) is 12.1 Å². The molecule has 5 nitrogen and oxygen atoms in total. The maximum Gasteiger partial charge on any atom is 0.242 e. The molecule has 2 aromatic rings. The fourth-order valence-corrected chi connectivity index (χ4v) is 3.75. The molecule has 0 heterocycles. The molecule has 0 saturated carbocycles. The average Bonchev–Trinajstić information content (AvgIpc) is 2.59. The summed E-state index contributed by atoms with van der Waals surface area (Å²) < 4.78 is 27.3. The molecule has 24 heavy (non-hydrogen) atoms. The van der Waals surface area contributed by atoms with Gasteiger partial charge < -0.3 is 5.32 Å². The first-order chi connectivity index (χ1) is 11.4. The first-order valence-electron chi connectivity index (χ1n) is 7.08. The highest BCUT2D eigenvalue weighted by Crippen LogP contribution is 2.21. The number of halogens is 2. The second-order valence-electron chi connectivity index (χ2n) is 4.95. The molecular formula is C16H16Cl2N2O3S. The van der Waals surface area contributed by atoms with Crippen LogP contribution in [0.4, 0.5) is 0 Å². The van der Waals surface area contributed by atoms with E-state index >= 15 is 0 Å². The molecule has 1 unspecified atom stereocenters. The number of amides is 1. The van der Waals surface area contributed by atoms with Crippen molar-refractivity contribution in [2.45, 2.75) is 10.9 Å². The quantitative estimate of drug-likeness (QED) is 0.718. The predicted molar refractivity (Wildman–Crippen MR) is 94.7 cm³/mol. The van der Waals surface area contributed by atoms with Gasteiger partial charge >= 0.3 is 0 Å². The number of alkyl halides is 1. The molecule has 0 aromatic heterocycles. The molecule has 0 bridgehead atoms. The van der Waals surface area contributed by atoms with Crippen LogP contribution in [-0.2, 0) is 14.8 Å². The molecule has 2 N–H and O–H groups in total. The Balaban J connectivity index is 2.18. The number of hydrogen-bond donors (Lipinski definition) is 2. The van der Waals surface area contributed by atoms with E-state index in [0.717, 1.165) is 5.56 Å². The van der Waals surface area contributed by atoms with Crippen LogP contribution >= 0.6 is 23.2 Å². The number of carbonyl (C=O) groups excluding carboxylic acids is 1. The van der Waals surface area contributed by atoms with Crippen molar-refractivity contribution in [1.29, 1.82) is 0 Å². The molecule has 0 aliphatic heterocycles. The van der Waals surface area contributed by atoms with Crippen molar-refractivity contribution in [3.05, 3.63) is 65.2 Å². The van der Waals surface area contributed by atoms with Crippen molar-refractivity contribution in [3.63, 3.8) is 0 Å². The molecule has 0 fully saturated rings. The van der Waals surface area contributed by atoms with Crippen LogP contribution in [0.2, 0.25) is 5.02 Å². The molecule has 1 amide bonds. The Morgan fingerprint density at radius 2 is 1.67 bits per heavy atom. The van der Waals surface area contributed by atoms with E-state index in [1.54, 1.807) is 36.4 Å². The fourth-order valence-electron chi connectivity index (χ4n) is 2.10. The second kappa shape index (κ2) is 8.48. The van der Waals surface area contributed by atoms with Gasteiger partial charge in [-0.2, -0.15) is 0 Å². The Morgan fingerprint density at radius 3 is 2.29 bits per heavy atom. The van der Waals surface area contributed by atoms with Crippen LogP contribution in [0.5, 0.6) is 0 Å². The van der Waals surface area contributed by atoms with Crippen LogP contribution < -0.4 is 10.0 Å². The summed E-state index contributed by atoms with van der Waals surface area (Å²) in [4.78, 5) is 11.6. The summed E-state index contributed by atoms with van der Waals surface area (Å²) in [5.74, 6) is -0.594. The van der Waals surface area contributed by atoms with E-state index in [2.05, 4.69) is 10.0 Å². The number of sulfonamides is 1. The van der Waals surface area contributed by atoms with Crippen molar-refractivity contribution in [1.82, 2.24) is 10.0 Å². The van der Waals surface area contributed by atoms with Gasteiger partial charge in [0.2, 0.25) is 15.9 Å². The van der Waals surface area contributed by atoms with E-state index in [4.69, 9.17) is 23.2 Å². The molecule has 0 aliphatic carbocycles. The lowest BCUT2D eigenvalue weighted by Gasteiger charge is -2.19. The van der Waals surface area contributed by atoms with Gasteiger partial charge in [0, 0.05) is 6.54 Å². The first-order valence-corrected chi connectivity index (χ1v) is 9.48. The maximum absolute atomic E-state index is 12.4. The van der Waals surface area contributed by atoms with Gasteiger partial charge in [0.15, 0.2) is 0 Å². The third kappa shape index (κ3) is 4.95. The molecule has 0 aliphatic rings. The lowest BCUT2D eigenvalue weighted by atomic mass is 10.1. The monoisotopic (exact) mass is 386 g/mol. The predicted octanol–water partition coefficient (Wildman–Crippen LogP) is 2.71. The standard InChI is InChI=1S/C16H16Cl2N2O3S/c17-10-16(21)20-14(12-6-2-1-3-7-12)11-19-24(22,23)15-9-5-4-8-13(15)18/h1-9,14,19H,10-11H2,(H,20,21). The SMILES string of the molecule is O=C(CCl)NC(CNS(=O)(=O)c1ccccc1Cl)c1ccccc1. The lowest BCUT2D eigenvalue weighted by molar-refractivity contribution is -0.119. The lowest BCUT2D eigenvalue weighted by Crippen LogP contribution is -2.38. The van der Waals surface area contributed by atoms with Gasteiger partial charge in [-0.3, -0.25) is 4.79 Å². The van der Waals surface area contributed by atoms with Gasteiger partial charge in [0.05, 0.1) is 11.1 Å². The number of benzene rings is 2. The molecule has 2 rings (SSSR count). The first kappa shape index (κ1) is 18.7. The third-order valence-corrected chi connectivity index (χ3v) is 5.43. The Bertz CT molecular complexity index is 798. The summed E-state index contributed by atoms with van der Waals surface area (Å²) in [5, 5.41) is 2.82. The van der Waals surface area contributed by atoms with Crippen molar-refractivity contribution in [2.75, 3.05) is 12.4 Å². The van der Waals surface area contributed by atoms with E-state index in [0.29, 0.717) is 0 Å². The second-order valence-corrected chi connectivity index (χ2v) is 7.36. The Morgan fingerprint density at radius 1 is 1.04 bits per heavy atom. The minimum atomic E-state index is -3.80. The van der Waals surface area contributed by atoms with Crippen LogP contribution in [0.3, 0.4) is 0 Å². The van der Waals surface area contributed by atoms with Crippen LogP contribution in [-0.4, -0.2) is 26.7 Å². The molecule has 8 heteroatoms. The average molecular weight is 387 g/mol. The van der Waals surface area contributed by atoms with Crippen LogP contribution in [0, 0.1) is 0 Å². The van der Waals surface area contributed by atoms with Gasteiger partial charge in [-0.25, -0.2) is 13.1 Å².